The minimum absolute atomic E-state index is 0.0151. The summed E-state index contributed by atoms with van der Waals surface area (Å²) in [6.45, 7) is 8.16. The number of hydrogen-bond donors (Lipinski definition) is 3. The lowest BCUT2D eigenvalue weighted by Crippen LogP contribution is -2.49. The molecule has 7 heterocycles. The van der Waals surface area contributed by atoms with Gasteiger partial charge in [0.05, 0.1) is 25.3 Å². The summed E-state index contributed by atoms with van der Waals surface area (Å²) < 4.78 is 33.2. The minimum Gasteiger partial charge on any atom is -0.374 e. The Balaban J connectivity index is 0.781. The predicted octanol–water partition coefficient (Wildman–Crippen LogP) is 4.24. The summed E-state index contributed by atoms with van der Waals surface area (Å²) in [7, 11) is 1.77. The van der Waals surface area contributed by atoms with Gasteiger partial charge < -0.3 is 30.2 Å². The number of benzene rings is 2. The molecule has 5 aliphatic heterocycles. The number of imide groups is 1. The average molecular weight is 909 g/mol. The molecule has 2 aromatic heterocycles. The van der Waals surface area contributed by atoms with Crippen LogP contribution in [-0.2, 0) is 50.4 Å². The Morgan fingerprint density at radius 1 is 0.894 bits per heavy atom. The molecule has 1 unspecified atom stereocenters. The number of carbonyl (C=O) groups is 5. The van der Waals surface area contributed by atoms with Crippen molar-refractivity contribution in [2.75, 3.05) is 81.0 Å². The highest BCUT2D eigenvalue weighted by atomic mass is 19.3. The van der Waals surface area contributed by atoms with Crippen LogP contribution in [0.5, 0.6) is 0 Å². The molecular weight excluding hydrogens is 851 g/mol. The third-order valence-corrected chi connectivity index (χ3v) is 13.7. The molecule has 0 bridgehead atoms. The van der Waals surface area contributed by atoms with Gasteiger partial charge in [0.2, 0.25) is 29.5 Å². The first-order chi connectivity index (χ1) is 31.9. The van der Waals surface area contributed by atoms with Crippen molar-refractivity contribution in [3.8, 4) is 11.1 Å². The van der Waals surface area contributed by atoms with Crippen molar-refractivity contribution < 1.29 is 32.8 Å². The molecule has 19 heteroatoms. The number of carbonyl (C=O) groups excluding carboxylic acids is 5. The number of nitrogens with zero attached hydrogens (tertiary/aromatic N) is 9. The average Bonchev–Trinajstić information content (AvgIpc) is 3.92. The summed E-state index contributed by atoms with van der Waals surface area (Å²) in [5.41, 5.74) is 6.12. The van der Waals surface area contributed by atoms with Crippen LogP contribution in [-0.4, -0.2) is 140 Å². The molecule has 66 heavy (non-hydrogen) atoms. The molecule has 5 amide bonds. The van der Waals surface area contributed by atoms with Gasteiger partial charge in [-0.25, -0.2) is 8.78 Å². The standard InChI is InChI=1S/C47H58F2N12O5/c1-30(62)59-18-12-40-38(28-59)46(60-14-4-5-31-23-36(32-26-50-55(2)27-32)37(45(48)49)25-41(31)60)54-61(40)35-10-16-58(17-11-35)44(65)13-15-56-19-21-57(22-20-56)29-43(64)52-34-7-3-6-33(24-34)51-39-8-9-42(63)53-47(39)66/h3,6-7,23-27,35,39,45,51H,4-5,8-22,28-29H2,1-2H3,(H,52,64)(H,53,63,66). The summed E-state index contributed by atoms with van der Waals surface area (Å²) in [6, 6.07) is 10.2. The van der Waals surface area contributed by atoms with E-state index >= 15 is 0 Å². The predicted molar refractivity (Wildman–Crippen MR) is 243 cm³/mol. The molecule has 0 radical (unpaired) electrons. The number of piperidine rings is 2. The molecular formula is C47H58F2N12O5. The molecule has 3 N–H and O–H groups in total. The van der Waals surface area contributed by atoms with E-state index in [4.69, 9.17) is 5.10 Å². The molecule has 17 nitrogen and oxygen atoms in total. The van der Waals surface area contributed by atoms with Crippen LogP contribution < -0.4 is 20.9 Å². The van der Waals surface area contributed by atoms with Crippen LogP contribution in [0.3, 0.4) is 0 Å². The van der Waals surface area contributed by atoms with Crippen molar-refractivity contribution >= 4 is 52.4 Å². The zero-order chi connectivity index (χ0) is 46.1. The van der Waals surface area contributed by atoms with Gasteiger partial charge in [-0.1, -0.05) is 6.07 Å². The number of anilines is 4. The van der Waals surface area contributed by atoms with Crippen LogP contribution in [0, 0.1) is 0 Å². The van der Waals surface area contributed by atoms with Crippen LogP contribution in [0.1, 0.15) is 80.3 Å². The van der Waals surface area contributed by atoms with Gasteiger partial charge in [-0.3, -0.25) is 43.6 Å². The molecule has 350 valence electrons. The number of fused-ring (bicyclic) bond motifs is 2. The fourth-order valence-corrected chi connectivity index (χ4v) is 10.1. The molecule has 0 saturated carbocycles. The second-order valence-electron chi connectivity index (χ2n) is 18.2. The van der Waals surface area contributed by atoms with E-state index in [0.29, 0.717) is 94.1 Å². The van der Waals surface area contributed by atoms with Crippen LogP contribution in [0.2, 0.25) is 0 Å². The Morgan fingerprint density at radius 2 is 1.67 bits per heavy atom. The number of piperazine rings is 1. The Morgan fingerprint density at radius 3 is 2.39 bits per heavy atom. The molecule has 0 spiro atoms. The van der Waals surface area contributed by atoms with E-state index < -0.39 is 12.5 Å². The van der Waals surface area contributed by atoms with E-state index in [9.17, 15) is 32.8 Å². The lowest BCUT2D eigenvalue weighted by Gasteiger charge is -2.36. The van der Waals surface area contributed by atoms with Gasteiger partial charge in [-0.15, -0.1) is 0 Å². The number of rotatable bonds is 12. The van der Waals surface area contributed by atoms with Crippen molar-refractivity contribution in [2.45, 2.75) is 83.3 Å². The third kappa shape index (κ3) is 9.82. The number of nitrogens with one attached hydrogen (secondary N) is 3. The lowest BCUT2D eigenvalue weighted by molar-refractivity contribution is -0.134. The van der Waals surface area contributed by atoms with Crippen molar-refractivity contribution in [2.24, 2.45) is 7.05 Å². The van der Waals surface area contributed by atoms with Crippen LogP contribution in [0.25, 0.3) is 11.1 Å². The molecule has 2 aromatic carbocycles. The maximum Gasteiger partial charge on any atom is 0.264 e. The Kier molecular flexibility index (Phi) is 13.2. The van der Waals surface area contributed by atoms with E-state index in [2.05, 4.69) is 40.4 Å². The molecule has 0 aliphatic carbocycles. The largest absolute Gasteiger partial charge is 0.374 e. The van der Waals surface area contributed by atoms with E-state index in [1.165, 1.54) is 0 Å². The van der Waals surface area contributed by atoms with E-state index in [-0.39, 0.29) is 54.1 Å². The molecule has 4 aromatic rings. The fraction of sp³-hybridized carbons (Fsp3) is 0.511. The van der Waals surface area contributed by atoms with Gasteiger partial charge in [0.25, 0.3) is 6.43 Å². The summed E-state index contributed by atoms with van der Waals surface area (Å²) in [6.07, 6.45) is 5.46. The topological polar surface area (TPSA) is 173 Å². The van der Waals surface area contributed by atoms with Gasteiger partial charge >= 0.3 is 0 Å². The molecule has 3 fully saturated rings. The Bertz CT molecular complexity index is 2490. The highest BCUT2D eigenvalue weighted by Gasteiger charge is 2.36. The quantitative estimate of drug-likeness (QED) is 0.174. The van der Waals surface area contributed by atoms with Crippen molar-refractivity contribution in [1.29, 1.82) is 0 Å². The van der Waals surface area contributed by atoms with Crippen molar-refractivity contribution in [1.82, 2.24) is 44.5 Å². The third-order valence-electron chi connectivity index (χ3n) is 13.7. The minimum atomic E-state index is -2.69. The number of hydrogen-bond acceptors (Lipinski definition) is 11. The summed E-state index contributed by atoms with van der Waals surface area (Å²) in [4.78, 5) is 73.1. The van der Waals surface area contributed by atoms with Crippen LogP contribution in [0.15, 0.2) is 48.8 Å². The molecule has 3 saturated heterocycles. The summed E-state index contributed by atoms with van der Waals surface area (Å²) >= 11 is 0. The number of likely N-dealkylation sites (tertiary alicyclic amines) is 1. The van der Waals surface area contributed by atoms with Gasteiger partial charge in [0.1, 0.15) is 6.04 Å². The number of aryl methyl sites for hydroxylation is 2. The van der Waals surface area contributed by atoms with E-state index in [1.807, 2.05) is 21.9 Å². The Hall–Kier alpha value is -6.21. The first-order valence-electron chi connectivity index (χ1n) is 23.2. The lowest BCUT2D eigenvalue weighted by atomic mass is 9.92. The maximum atomic E-state index is 14.7. The van der Waals surface area contributed by atoms with E-state index in [1.54, 1.807) is 55.3 Å². The summed E-state index contributed by atoms with van der Waals surface area (Å²) in [5, 5.41) is 17.9. The first kappa shape index (κ1) is 45.0. The van der Waals surface area contributed by atoms with Crippen LogP contribution in [0.4, 0.5) is 31.7 Å². The maximum absolute atomic E-state index is 14.7. The second-order valence-corrected chi connectivity index (χ2v) is 18.2. The van der Waals surface area contributed by atoms with Gasteiger partial charge in [-0.05, 0) is 73.6 Å². The summed E-state index contributed by atoms with van der Waals surface area (Å²) in [5.74, 6) is 0.0559. The van der Waals surface area contributed by atoms with Crippen LogP contribution >= 0.6 is 0 Å². The second kappa shape index (κ2) is 19.3. The van der Waals surface area contributed by atoms with Crippen molar-refractivity contribution in [3.63, 3.8) is 0 Å². The first-order valence-corrected chi connectivity index (χ1v) is 23.2. The number of aromatic nitrogens is 4. The zero-order valence-corrected chi connectivity index (χ0v) is 37.6. The fourth-order valence-electron chi connectivity index (χ4n) is 10.1. The van der Waals surface area contributed by atoms with Gasteiger partial charge in [-0.2, -0.15) is 10.2 Å². The Labute approximate surface area is 382 Å². The normalized spacial score (nSPS) is 19.7. The van der Waals surface area contributed by atoms with Gasteiger partial charge in [0, 0.05) is 138 Å². The molecule has 1 atom stereocenters. The highest BCUT2D eigenvalue weighted by molar-refractivity contribution is 6.01. The SMILES string of the molecule is CC(=O)N1CCc2c(c(N3CCCc4cc(-c5cnn(C)c5)c(C(F)F)cc43)nn2C2CCN(C(=O)CCN3CCN(CC(=O)Nc4cccc(NC5CCC(=O)NC5=O)c4)CC3)CC2)C1. The molecule has 5 aliphatic rings. The monoisotopic (exact) mass is 908 g/mol. The number of alkyl halides is 2. The number of halogens is 2. The van der Waals surface area contributed by atoms with E-state index in [0.717, 1.165) is 67.1 Å². The number of amides is 5. The highest BCUT2D eigenvalue weighted by Crippen LogP contribution is 2.44. The van der Waals surface area contributed by atoms with Crippen molar-refractivity contribution in [3.05, 3.63) is 71.2 Å². The van der Waals surface area contributed by atoms with Gasteiger partial charge in [0.15, 0.2) is 5.82 Å². The smallest absolute Gasteiger partial charge is 0.264 e. The molecule has 9 rings (SSSR count). The zero-order valence-electron chi connectivity index (χ0n) is 37.6.